The molecule has 7 heteroatoms. The predicted molar refractivity (Wildman–Crippen MR) is 99.8 cm³/mol. The zero-order valence-electron chi connectivity index (χ0n) is 14.7. The van der Waals surface area contributed by atoms with Gasteiger partial charge in [-0.25, -0.2) is 14.2 Å². The highest BCUT2D eigenvalue weighted by Gasteiger charge is 2.28. The van der Waals surface area contributed by atoms with Crippen molar-refractivity contribution in [3.63, 3.8) is 0 Å². The summed E-state index contributed by atoms with van der Waals surface area (Å²) in [4.78, 5) is 27.0. The number of rotatable bonds is 3. The van der Waals surface area contributed by atoms with Gasteiger partial charge in [0.2, 0.25) is 0 Å². The van der Waals surface area contributed by atoms with Crippen LogP contribution in [0, 0.1) is 11.7 Å². The van der Waals surface area contributed by atoms with Crippen LogP contribution in [-0.2, 0) is 0 Å². The zero-order chi connectivity index (χ0) is 18.6. The van der Waals surface area contributed by atoms with Gasteiger partial charge in [0.05, 0.1) is 12.7 Å². The number of likely N-dealkylation sites (tertiary alicyclic amines) is 1. The summed E-state index contributed by atoms with van der Waals surface area (Å²) in [7, 11) is 0. The van der Waals surface area contributed by atoms with Crippen LogP contribution >= 0.6 is 0 Å². The number of hydrogen-bond donors (Lipinski definition) is 0. The van der Waals surface area contributed by atoms with Crippen molar-refractivity contribution >= 4 is 17.6 Å². The molecular formula is C20H19FN4O2. The molecule has 6 nitrogen and oxygen atoms in total. The Labute approximate surface area is 156 Å². The van der Waals surface area contributed by atoms with E-state index in [4.69, 9.17) is 4.74 Å². The maximum Gasteiger partial charge on any atom is 0.415 e. The summed E-state index contributed by atoms with van der Waals surface area (Å²) in [5, 5.41) is 0. The second-order valence-corrected chi connectivity index (χ2v) is 6.57. The second kappa shape index (κ2) is 7.65. The lowest BCUT2D eigenvalue weighted by molar-refractivity contribution is 0.137. The summed E-state index contributed by atoms with van der Waals surface area (Å²) < 4.78 is 18.4. The van der Waals surface area contributed by atoms with E-state index in [0.717, 1.165) is 24.1 Å². The first-order chi connectivity index (χ1) is 13.2. The molecule has 0 saturated carbocycles. The summed E-state index contributed by atoms with van der Waals surface area (Å²) >= 11 is 0. The third-order valence-corrected chi connectivity index (χ3v) is 4.81. The Morgan fingerprint density at radius 2 is 1.93 bits per heavy atom. The monoisotopic (exact) mass is 366 g/mol. The molecule has 3 heterocycles. The Hall–Kier alpha value is -3.09. The van der Waals surface area contributed by atoms with E-state index in [1.165, 1.54) is 18.3 Å². The SMILES string of the molecule is O=C(Oc1cccnc1)N1CCC(C2=NC(c3ccc(F)cc3)=NC2)CC1. The van der Waals surface area contributed by atoms with Crippen LogP contribution in [0.2, 0.25) is 0 Å². The van der Waals surface area contributed by atoms with E-state index >= 15 is 0 Å². The highest BCUT2D eigenvalue weighted by atomic mass is 19.1. The van der Waals surface area contributed by atoms with Gasteiger partial charge in [0, 0.05) is 36.5 Å². The van der Waals surface area contributed by atoms with E-state index in [0.29, 0.717) is 37.1 Å². The summed E-state index contributed by atoms with van der Waals surface area (Å²) in [5.74, 6) is 1.13. The van der Waals surface area contributed by atoms with Crippen LogP contribution in [-0.4, -0.2) is 47.2 Å². The Bertz CT molecular complexity index is 873. The van der Waals surface area contributed by atoms with E-state index in [9.17, 15) is 9.18 Å². The minimum atomic E-state index is -0.349. The van der Waals surface area contributed by atoms with Crippen molar-refractivity contribution in [2.45, 2.75) is 12.8 Å². The van der Waals surface area contributed by atoms with Crippen LogP contribution in [0.3, 0.4) is 0 Å². The second-order valence-electron chi connectivity index (χ2n) is 6.57. The molecule has 1 saturated heterocycles. The molecule has 2 aliphatic rings. The zero-order valence-corrected chi connectivity index (χ0v) is 14.7. The lowest BCUT2D eigenvalue weighted by atomic mass is 9.92. The molecule has 1 aromatic heterocycles. The van der Waals surface area contributed by atoms with Crippen LogP contribution in [0.1, 0.15) is 18.4 Å². The minimum absolute atomic E-state index is 0.271. The summed E-state index contributed by atoms with van der Waals surface area (Å²) in [5.41, 5.74) is 1.86. The number of hydrogen-bond acceptors (Lipinski definition) is 5. The molecule has 138 valence electrons. The van der Waals surface area contributed by atoms with Gasteiger partial charge in [-0.15, -0.1) is 0 Å². The van der Waals surface area contributed by atoms with Crippen molar-refractivity contribution in [2.24, 2.45) is 15.9 Å². The fourth-order valence-electron chi connectivity index (χ4n) is 3.31. The lowest BCUT2D eigenvalue weighted by Crippen LogP contribution is -2.41. The molecule has 0 atom stereocenters. The van der Waals surface area contributed by atoms with Gasteiger partial charge < -0.3 is 9.64 Å². The molecule has 1 fully saturated rings. The molecule has 0 spiro atoms. The van der Waals surface area contributed by atoms with E-state index < -0.39 is 0 Å². The molecule has 2 aromatic rings. The van der Waals surface area contributed by atoms with Crippen LogP contribution < -0.4 is 4.74 Å². The quantitative estimate of drug-likeness (QED) is 0.837. The first-order valence-electron chi connectivity index (χ1n) is 8.93. The first-order valence-corrected chi connectivity index (χ1v) is 8.93. The number of carbonyl (C=O) groups excluding carboxylic acids is 1. The highest BCUT2D eigenvalue weighted by Crippen LogP contribution is 2.23. The third-order valence-electron chi connectivity index (χ3n) is 4.81. The molecule has 4 rings (SSSR count). The Kier molecular flexibility index (Phi) is 4.91. The Morgan fingerprint density at radius 3 is 2.63 bits per heavy atom. The number of ether oxygens (including phenoxy) is 1. The molecule has 1 aromatic carbocycles. The number of pyridine rings is 1. The number of aliphatic imine (C=N–C) groups is 2. The van der Waals surface area contributed by atoms with Crippen LogP contribution in [0.15, 0.2) is 58.8 Å². The Balaban J connectivity index is 1.32. The van der Waals surface area contributed by atoms with E-state index in [2.05, 4.69) is 15.0 Å². The fourth-order valence-corrected chi connectivity index (χ4v) is 3.31. The molecule has 1 amide bonds. The van der Waals surface area contributed by atoms with E-state index in [1.54, 1.807) is 35.4 Å². The molecule has 2 aliphatic heterocycles. The Morgan fingerprint density at radius 1 is 1.15 bits per heavy atom. The van der Waals surface area contributed by atoms with Crippen molar-refractivity contribution in [3.05, 3.63) is 60.2 Å². The van der Waals surface area contributed by atoms with Crippen molar-refractivity contribution in [1.29, 1.82) is 0 Å². The topological polar surface area (TPSA) is 67.2 Å². The van der Waals surface area contributed by atoms with Gasteiger partial charge in [-0.2, -0.15) is 0 Å². The van der Waals surface area contributed by atoms with Crippen molar-refractivity contribution in [2.75, 3.05) is 19.6 Å². The molecule has 27 heavy (non-hydrogen) atoms. The maximum absolute atomic E-state index is 13.1. The summed E-state index contributed by atoms with van der Waals surface area (Å²) in [6.07, 6.45) is 4.46. The highest BCUT2D eigenvalue weighted by molar-refractivity contribution is 6.12. The average Bonchev–Trinajstić information content (AvgIpc) is 3.20. The number of piperidine rings is 1. The average molecular weight is 366 g/mol. The number of aromatic nitrogens is 1. The van der Waals surface area contributed by atoms with Gasteiger partial charge in [0.25, 0.3) is 0 Å². The molecule has 0 radical (unpaired) electrons. The van der Waals surface area contributed by atoms with Crippen molar-refractivity contribution < 1.29 is 13.9 Å². The summed E-state index contributed by atoms with van der Waals surface area (Å²) in [6, 6.07) is 9.65. The molecule has 0 bridgehead atoms. The standard InChI is InChI=1S/C20H19FN4O2/c21-16-5-3-15(4-6-16)19-23-13-18(24-19)14-7-10-25(11-8-14)20(26)27-17-2-1-9-22-12-17/h1-6,9,12,14H,7-8,10-11,13H2. The van der Waals surface area contributed by atoms with Crippen LogP contribution in [0.4, 0.5) is 9.18 Å². The van der Waals surface area contributed by atoms with Gasteiger partial charge >= 0.3 is 6.09 Å². The molecular weight excluding hydrogens is 347 g/mol. The van der Waals surface area contributed by atoms with Gasteiger partial charge in [-0.3, -0.25) is 9.98 Å². The molecule has 0 aliphatic carbocycles. The number of halogens is 1. The number of nitrogens with zero attached hydrogens (tertiary/aromatic N) is 4. The lowest BCUT2D eigenvalue weighted by Gasteiger charge is -2.31. The largest absolute Gasteiger partial charge is 0.415 e. The van der Waals surface area contributed by atoms with Crippen molar-refractivity contribution in [1.82, 2.24) is 9.88 Å². The smallest absolute Gasteiger partial charge is 0.409 e. The third kappa shape index (κ3) is 4.02. The predicted octanol–water partition coefficient (Wildman–Crippen LogP) is 3.33. The number of amidine groups is 1. The van der Waals surface area contributed by atoms with Gasteiger partial charge in [-0.1, -0.05) is 0 Å². The van der Waals surface area contributed by atoms with Gasteiger partial charge in [-0.05, 0) is 49.2 Å². The summed E-state index contributed by atoms with van der Waals surface area (Å²) in [6.45, 7) is 1.81. The van der Waals surface area contributed by atoms with E-state index in [1.807, 2.05) is 0 Å². The minimum Gasteiger partial charge on any atom is -0.409 e. The van der Waals surface area contributed by atoms with E-state index in [-0.39, 0.29) is 11.9 Å². The number of benzene rings is 1. The van der Waals surface area contributed by atoms with Gasteiger partial charge in [0.15, 0.2) is 11.6 Å². The number of carbonyl (C=O) groups is 1. The van der Waals surface area contributed by atoms with Crippen LogP contribution in [0.5, 0.6) is 5.75 Å². The maximum atomic E-state index is 13.1. The van der Waals surface area contributed by atoms with Crippen LogP contribution in [0.25, 0.3) is 0 Å². The first kappa shape index (κ1) is 17.3. The van der Waals surface area contributed by atoms with Crippen molar-refractivity contribution in [3.8, 4) is 5.75 Å². The fraction of sp³-hybridized carbons (Fsp3) is 0.300. The molecule has 0 unspecified atom stereocenters. The molecule has 0 N–H and O–H groups in total. The number of amides is 1. The van der Waals surface area contributed by atoms with Gasteiger partial charge in [0.1, 0.15) is 5.82 Å². The normalized spacial score (nSPS) is 17.4.